The molecule has 0 saturated heterocycles. The molecule has 0 radical (unpaired) electrons. The van der Waals surface area contributed by atoms with Crippen LogP contribution in [-0.2, 0) is 0 Å². The summed E-state index contributed by atoms with van der Waals surface area (Å²) in [6.07, 6.45) is 4.25. The third-order valence-electron chi connectivity index (χ3n) is 5.14. The molecule has 174 valence electrons. The van der Waals surface area contributed by atoms with Crippen LogP contribution in [0.2, 0.25) is 0 Å². The number of nitrogens with one attached hydrogen (secondary N) is 2. The summed E-state index contributed by atoms with van der Waals surface area (Å²) in [6.45, 7) is 0. The van der Waals surface area contributed by atoms with Crippen molar-refractivity contribution in [3.8, 4) is 28.7 Å². The Labute approximate surface area is 197 Å². The molecule has 3 aromatic heterocycles. The first-order valence-corrected chi connectivity index (χ1v) is 11.1. The second-order valence-corrected chi connectivity index (χ2v) is 8.28. The number of hydrogen-bond donors (Lipinski definition) is 3. The Morgan fingerprint density at radius 1 is 1.29 bits per heavy atom. The van der Waals surface area contributed by atoms with Crippen LogP contribution in [-0.4, -0.2) is 39.5 Å². The predicted octanol–water partition coefficient (Wildman–Crippen LogP) is 2.04. The van der Waals surface area contributed by atoms with Crippen LogP contribution in [0, 0.1) is 17.8 Å². The monoisotopic (exact) mass is 484 g/mol. The molecule has 12 heteroatoms. The van der Waals surface area contributed by atoms with Gasteiger partial charge in [0.05, 0.1) is 18.9 Å². The van der Waals surface area contributed by atoms with Crippen LogP contribution >= 0.6 is 11.3 Å². The third-order valence-corrected chi connectivity index (χ3v) is 5.89. The first-order valence-electron chi connectivity index (χ1n) is 10.3. The molecule has 0 spiro atoms. The Bertz CT molecular complexity index is 1300. The van der Waals surface area contributed by atoms with Crippen LogP contribution in [0.4, 0.5) is 19.7 Å². The van der Waals surface area contributed by atoms with E-state index in [0.29, 0.717) is 10.9 Å². The van der Waals surface area contributed by atoms with E-state index in [9.17, 15) is 13.6 Å². The summed E-state index contributed by atoms with van der Waals surface area (Å²) in [7, 11) is 1.38. The van der Waals surface area contributed by atoms with E-state index in [1.165, 1.54) is 38.1 Å². The lowest BCUT2D eigenvalue weighted by Crippen LogP contribution is -2.64. The highest BCUT2D eigenvalue weighted by atomic mass is 32.1. The van der Waals surface area contributed by atoms with Gasteiger partial charge in [-0.1, -0.05) is 23.7 Å². The van der Waals surface area contributed by atoms with Gasteiger partial charge in [0.1, 0.15) is 17.6 Å². The number of methoxy groups -OCH3 is 1. The van der Waals surface area contributed by atoms with Gasteiger partial charge in [0.25, 0.3) is 18.2 Å². The van der Waals surface area contributed by atoms with E-state index in [-0.39, 0.29) is 33.4 Å². The fraction of sp³-hybridized carbons (Fsp3) is 0.273. The molecule has 1 aliphatic rings. The van der Waals surface area contributed by atoms with Crippen molar-refractivity contribution in [1.29, 1.82) is 0 Å². The molecular formula is C22H20F2N7O2S+. The normalized spacial score (nSPS) is 13.4. The lowest BCUT2D eigenvalue weighted by atomic mass is 9.86. The van der Waals surface area contributed by atoms with Gasteiger partial charge in [-0.25, -0.2) is 8.78 Å². The van der Waals surface area contributed by atoms with Crippen molar-refractivity contribution < 1.29 is 23.3 Å². The molecule has 0 aliphatic heterocycles. The Balaban J connectivity index is 1.69. The Morgan fingerprint density at radius 2 is 2.12 bits per heavy atom. The second-order valence-electron chi connectivity index (χ2n) is 7.30. The number of ether oxygens (including phenoxy) is 1. The van der Waals surface area contributed by atoms with E-state index < -0.39 is 18.0 Å². The average Bonchev–Trinajstić information content (AvgIpc) is 3.24. The van der Waals surface area contributed by atoms with Gasteiger partial charge in [0, 0.05) is 23.1 Å². The van der Waals surface area contributed by atoms with E-state index in [2.05, 4.69) is 42.3 Å². The number of aromatic nitrogens is 4. The SMILES string of the molecule is COc1cnc(C(F)F)cc1-c1cnc([NH+]=CN)cc1C(=O)Nc1nnc(C#CC2CCC2)s1. The molecule has 0 unspecified atom stereocenters. The molecule has 1 saturated carbocycles. The molecule has 3 heterocycles. The molecule has 0 aromatic carbocycles. The summed E-state index contributed by atoms with van der Waals surface area (Å²) in [5, 5.41) is 11.4. The minimum absolute atomic E-state index is 0.126. The van der Waals surface area contributed by atoms with Crippen LogP contribution in [0.3, 0.4) is 0 Å². The number of amides is 1. The van der Waals surface area contributed by atoms with E-state index in [0.717, 1.165) is 30.5 Å². The van der Waals surface area contributed by atoms with Crippen molar-refractivity contribution in [2.24, 2.45) is 11.7 Å². The molecule has 3 aromatic rings. The molecule has 1 amide bonds. The molecule has 1 aliphatic carbocycles. The predicted molar refractivity (Wildman–Crippen MR) is 122 cm³/mol. The van der Waals surface area contributed by atoms with Crippen molar-refractivity contribution in [3.05, 3.63) is 40.8 Å². The molecule has 0 atom stereocenters. The summed E-state index contributed by atoms with van der Waals surface area (Å²) >= 11 is 1.14. The number of halogens is 2. The first kappa shape index (κ1) is 23.2. The smallest absolute Gasteiger partial charge is 0.280 e. The van der Waals surface area contributed by atoms with Gasteiger partial charge in [0.2, 0.25) is 5.13 Å². The lowest BCUT2D eigenvalue weighted by Gasteiger charge is -2.18. The first-order chi connectivity index (χ1) is 16.5. The molecule has 1 fully saturated rings. The number of carbonyl (C=O) groups excluding carboxylic acids is 1. The minimum atomic E-state index is -2.80. The molecule has 0 bridgehead atoms. The van der Waals surface area contributed by atoms with Gasteiger partial charge >= 0.3 is 0 Å². The number of nitrogens with two attached hydrogens (primary N) is 1. The van der Waals surface area contributed by atoms with Crippen LogP contribution in [0.1, 0.15) is 46.7 Å². The van der Waals surface area contributed by atoms with Crippen molar-refractivity contribution in [2.75, 3.05) is 12.4 Å². The van der Waals surface area contributed by atoms with Crippen LogP contribution in [0.25, 0.3) is 11.1 Å². The van der Waals surface area contributed by atoms with Gasteiger partial charge in [-0.15, -0.1) is 15.2 Å². The number of nitrogens with zero attached hydrogens (tertiary/aromatic N) is 4. The van der Waals surface area contributed by atoms with Gasteiger partial charge in [0.15, 0.2) is 11.3 Å². The number of anilines is 1. The second kappa shape index (κ2) is 10.3. The van der Waals surface area contributed by atoms with Gasteiger partial charge in [-0.3, -0.25) is 20.1 Å². The largest absolute Gasteiger partial charge is 0.494 e. The summed E-state index contributed by atoms with van der Waals surface area (Å²) in [5.74, 6) is 6.45. The standard InChI is InChI=1S/C22H19F2N7O2S/c1-33-17-10-26-16(20(23)24)7-13(17)15-9-27-18(28-11-25)8-14(15)21(32)29-22-31-30-19(34-22)6-5-12-3-2-4-12/h7-12,20H,2-4H2,1H3,(H2,25,27,28)(H,29,31,32)/p+1. The average molecular weight is 485 g/mol. The van der Waals surface area contributed by atoms with Crippen molar-refractivity contribution in [2.45, 2.75) is 25.7 Å². The van der Waals surface area contributed by atoms with E-state index in [1.807, 2.05) is 0 Å². The van der Waals surface area contributed by atoms with Crippen LogP contribution in [0.5, 0.6) is 5.75 Å². The summed E-state index contributed by atoms with van der Waals surface area (Å²) < 4.78 is 31.9. The number of alkyl halides is 2. The summed E-state index contributed by atoms with van der Waals surface area (Å²) in [4.78, 5) is 23.8. The van der Waals surface area contributed by atoms with Crippen molar-refractivity contribution in [3.63, 3.8) is 0 Å². The number of hydrogen-bond acceptors (Lipinski definition) is 7. The van der Waals surface area contributed by atoms with E-state index >= 15 is 0 Å². The Kier molecular flexibility index (Phi) is 7.03. The van der Waals surface area contributed by atoms with Gasteiger partial charge in [-0.2, -0.15) is 0 Å². The minimum Gasteiger partial charge on any atom is -0.494 e. The van der Waals surface area contributed by atoms with Gasteiger partial charge in [-0.05, 0) is 24.8 Å². The van der Waals surface area contributed by atoms with Crippen molar-refractivity contribution in [1.82, 2.24) is 20.2 Å². The number of rotatable bonds is 6. The third kappa shape index (κ3) is 5.15. The zero-order chi connectivity index (χ0) is 24.1. The molecule has 4 rings (SSSR count). The maximum absolute atomic E-state index is 13.3. The quantitative estimate of drug-likeness (QED) is 0.277. The zero-order valence-electron chi connectivity index (χ0n) is 18.0. The highest BCUT2D eigenvalue weighted by Gasteiger charge is 2.23. The number of pyridine rings is 2. The molecular weight excluding hydrogens is 464 g/mol. The summed E-state index contributed by atoms with van der Waals surface area (Å²) in [6, 6.07) is 2.60. The van der Waals surface area contributed by atoms with Gasteiger partial charge < -0.3 is 10.5 Å². The Hall–Kier alpha value is -3.98. The maximum Gasteiger partial charge on any atom is 0.280 e. The highest BCUT2D eigenvalue weighted by Crippen LogP contribution is 2.35. The molecule has 34 heavy (non-hydrogen) atoms. The molecule has 4 N–H and O–H groups in total. The Morgan fingerprint density at radius 3 is 2.79 bits per heavy atom. The summed E-state index contributed by atoms with van der Waals surface area (Å²) in [5.41, 5.74) is 5.57. The topological polar surface area (TPSA) is 130 Å². The van der Waals surface area contributed by atoms with Crippen LogP contribution < -0.4 is 20.8 Å². The fourth-order valence-corrected chi connectivity index (χ4v) is 3.78. The van der Waals surface area contributed by atoms with Crippen molar-refractivity contribution >= 4 is 34.5 Å². The zero-order valence-corrected chi connectivity index (χ0v) is 18.8. The fourth-order valence-electron chi connectivity index (χ4n) is 3.18. The van der Waals surface area contributed by atoms with E-state index in [1.54, 1.807) is 0 Å². The number of carbonyl (C=O) groups is 1. The van der Waals surface area contributed by atoms with E-state index in [4.69, 9.17) is 10.5 Å². The highest BCUT2D eigenvalue weighted by molar-refractivity contribution is 7.15. The lowest BCUT2D eigenvalue weighted by molar-refractivity contribution is -0.353. The maximum atomic E-state index is 13.3. The van der Waals surface area contributed by atoms with Crippen LogP contribution in [0.15, 0.2) is 24.5 Å². The molecule has 9 nitrogen and oxygen atoms in total.